The minimum atomic E-state index is -0.245. The highest BCUT2D eigenvalue weighted by Crippen LogP contribution is 2.39. The zero-order chi connectivity index (χ0) is 29.4. The van der Waals surface area contributed by atoms with E-state index in [4.69, 9.17) is 9.72 Å². The molecule has 5 aromatic rings. The van der Waals surface area contributed by atoms with Gasteiger partial charge < -0.3 is 10.1 Å². The topological polar surface area (TPSA) is 97.0 Å². The van der Waals surface area contributed by atoms with Gasteiger partial charge in [-0.2, -0.15) is 5.26 Å². The minimum Gasteiger partial charge on any atom is -0.497 e. The van der Waals surface area contributed by atoms with Crippen molar-refractivity contribution in [2.24, 2.45) is 5.92 Å². The number of aromatic nitrogens is 2. The van der Waals surface area contributed by atoms with Crippen LogP contribution < -0.4 is 15.6 Å². The summed E-state index contributed by atoms with van der Waals surface area (Å²) in [6.45, 7) is 4.24. The molecule has 3 aromatic heterocycles. The second-order valence-electron chi connectivity index (χ2n) is 10.4. The fraction of sp³-hybridized carbons (Fsp3) is 0.250. The number of benzene rings is 2. The number of fused-ring (bicyclic) bond motifs is 2. The summed E-state index contributed by atoms with van der Waals surface area (Å²) in [4.78, 5) is 34.0. The summed E-state index contributed by atoms with van der Waals surface area (Å²) >= 11 is 4.12. The number of anilines is 1. The minimum absolute atomic E-state index is 0.0358. The largest absolute Gasteiger partial charge is 0.497 e. The molecule has 6 rings (SSSR count). The van der Waals surface area contributed by atoms with Crippen LogP contribution in [0.15, 0.2) is 63.9 Å². The van der Waals surface area contributed by atoms with Crippen molar-refractivity contribution in [1.29, 1.82) is 5.26 Å². The molecule has 0 aliphatic heterocycles. The first-order valence-electron chi connectivity index (χ1n) is 13.6. The van der Waals surface area contributed by atoms with Crippen molar-refractivity contribution in [3.63, 3.8) is 0 Å². The van der Waals surface area contributed by atoms with Gasteiger partial charge in [0.1, 0.15) is 21.7 Å². The Labute approximate surface area is 255 Å². The van der Waals surface area contributed by atoms with E-state index in [2.05, 4.69) is 18.3 Å². The van der Waals surface area contributed by atoms with Crippen LogP contribution in [0.2, 0.25) is 0 Å². The van der Waals surface area contributed by atoms with Gasteiger partial charge in [-0.1, -0.05) is 48.5 Å². The van der Waals surface area contributed by atoms with E-state index in [1.165, 1.54) is 39.3 Å². The number of nitrogens with one attached hydrogen (secondary N) is 1. The molecule has 1 aliphatic rings. The standard InChI is InChI=1S/C32H28N4O3S3/c1-18-4-7-20(8-5-18)25-16-40-30-28(25)31(38)36(21-9-11-22(39-3)12-10-21)32(35-30)41-17-27(37)34-29-24(15-33)23-13-6-19(2)14-26(23)42-29/h4-5,7-12,16,19H,6,13-14,17H2,1-3H3,(H,34,37)/t19-/m0/s1. The monoisotopic (exact) mass is 612 g/mol. The number of hydrogen-bond donors (Lipinski definition) is 1. The molecule has 1 atom stereocenters. The number of nitriles is 1. The highest BCUT2D eigenvalue weighted by Gasteiger charge is 2.25. The van der Waals surface area contributed by atoms with Crippen LogP contribution in [0.25, 0.3) is 27.0 Å². The second kappa shape index (κ2) is 11.8. The van der Waals surface area contributed by atoms with Gasteiger partial charge in [-0.15, -0.1) is 22.7 Å². The Balaban J connectivity index is 1.34. The van der Waals surface area contributed by atoms with E-state index in [-0.39, 0.29) is 17.2 Å². The zero-order valence-electron chi connectivity index (χ0n) is 23.4. The summed E-state index contributed by atoms with van der Waals surface area (Å²) < 4.78 is 6.88. The third-order valence-electron chi connectivity index (χ3n) is 7.48. The molecule has 0 saturated heterocycles. The van der Waals surface area contributed by atoms with Gasteiger partial charge in [0.05, 0.1) is 29.5 Å². The number of nitrogens with zero attached hydrogens (tertiary/aromatic N) is 3. The van der Waals surface area contributed by atoms with Crippen molar-refractivity contribution < 1.29 is 9.53 Å². The molecule has 0 spiro atoms. The fourth-order valence-corrected chi connectivity index (χ4v) is 8.40. The quantitative estimate of drug-likeness (QED) is 0.154. The second-order valence-corrected chi connectivity index (χ2v) is 13.3. The maximum absolute atomic E-state index is 14.1. The van der Waals surface area contributed by atoms with Crippen LogP contribution >= 0.6 is 34.4 Å². The summed E-state index contributed by atoms with van der Waals surface area (Å²) in [6, 6.07) is 17.6. The molecule has 212 valence electrons. The van der Waals surface area contributed by atoms with Crippen molar-refractivity contribution in [1.82, 2.24) is 9.55 Å². The van der Waals surface area contributed by atoms with E-state index >= 15 is 0 Å². The Morgan fingerprint density at radius 1 is 1.21 bits per heavy atom. The lowest BCUT2D eigenvalue weighted by molar-refractivity contribution is -0.113. The number of carbonyl (C=O) groups is 1. The molecule has 0 unspecified atom stereocenters. The summed E-state index contributed by atoms with van der Waals surface area (Å²) in [5, 5.41) is 16.3. The molecule has 3 heterocycles. The zero-order valence-corrected chi connectivity index (χ0v) is 25.8. The molecule has 10 heteroatoms. The number of thiophene rings is 2. The Morgan fingerprint density at radius 2 is 1.98 bits per heavy atom. The average molecular weight is 613 g/mol. The van der Waals surface area contributed by atoms with Crippen LogP contribution in [0.1, 0.15) is 34.9 Å². The van der Waals surface area contributed by atoms with Crippen molar-refractivity contribution >= 4 is 55.6 Å². The number of hydrogen-bond acceptors (Lipinski definition) is 8. The van der Waals surface area contributed by atoms with Gasteiger partial charge in [0.25, 0.3) is 5.56 Å². The van der Waals surface area contributed by atoms with Gasteiger partial charge in [-0.25, -0.2) is 4.98 Å². The lowest BCUT2D eigenvalue weighted by Crippen LogP contribution is -2.22. The van der Waals surface area contributed by atoms with Crippen molar-refractivity contribution in [3.05, 3.63) is 85.8 Å². The Bertz CT molecular complexity index is 1900. The van der Waals surface area contributed by atoms with E-state index < -0.39 is 0 Å². The smallest absolute Gasteiger partial charge is 0.268 e. The number of aryl methyl sites for hydroxylation is 1. The maximum atomic E-state index is 14.1. The van der Waals surface area contributed by atoms with E-state index in [1.54, 1.807) is 23.8 Å². The van der Waals surface area contributed by atoms with Gasteiger partial charge in [0.15, 0.2) is 5.16 Å². The van der Waals surface area contributed by atoms with Crippen LogP contribution in [0.5, 0.6) is 5.75 Å². The van der Waals surface area contributed by atoms with Gasteiger partial charge in [0, 0.05) is 15.8 Å². The van der Waals surface area contributed by atoms with Crippen LogP contribution in [-0.2, 0) is 17.6 Å². The summed E-state index contributed by atoms with van der Waals surface area (Å²) in [5.74, 6) is 1.03. The molecular formula is C32H28N4O3S3. The summed E-state index contributed by atoms with van der Waals surface area (Å²) in [6.07, 6.45) is 2.85. The van der Waals surface area contributed by atoms with Gasteiger partial charge in [-0.3, -0.25) is 14.2 Å². The average Bonchev–Trinajstić information content (AvgIpc) is 3.57. The molecule has 7 nitrogen and oxygen atoms in total. The number of methoxy groups -OCH3 is 1. The highest BCUT2D eigenvalue weighted by molar-refractivity contribution is 7.99. The number of thioether (sulfide) groups is 1. The molecule has 1 aliphatic carbocycles. The fourth-order valence-electron chi connectivity index (χ4n) is 5.22. The predicted molar refractivity (Wildman–Crippen MR) is 172 cm³/mol. The van der Waals surface area contributed by atoms with Gasteiger partial charge in [0.2, 0.25) is 5.91 Å². The Kier molecular flexibility index (Phi) is 7.90. The van der Waals surface area contributed by atoms with Gasteiger partial charge >= 0.3 is 0 Å². The first-order valence-corrected chi connectivity index (χ1v) is 16.3. The van der Waals surface area contributed by atoms with E-state index in [9.17, 15) is 14.9 Å². The molecule has 42 heavy (non-hydrogen) atoms. The molecule has 0 fully saturated rings. The molecular weight excluding hydrogens is 585 g/mol. The van der Waals surface area contributed by atoms with E-state index in [0.29, 0.717) is 43.3 Å². The van der Waals surface area contributed by atoms with E-state index in [1.807, 2.05) is 48.7 Å². The highest BCUT2D eigenvalue weighted by atomic mass is 32.2. The van der Waals surface area contributed by atoms with Crippen molar-refractivity contribution in [3.8, 4) is 28.6 Å². The maximum Gasteiger partial charge on any atom is 0.268 e. The van der Waals surface area contributed by atoms with Crippen molar-refractivity contribution in [2.45, 2.75) is 38.3 Å². The van der Waals surface area contributed by atoms with Crippen LogP contribution in [0.4, 0.5) is 5.00 Å². The third-order valence-corrected chi connectivity index (χ3v) is 10.5. The lowest BCUT2D eigenvalue weighted by Gasteiger charge is -2.17. The Morgan fingerprint density at radius 3 is 2.69 bits per heavy atom. The van der Waals surface area contributed by atoms with E-state index in [0.717, 1.165) is 41.5 Å². The summed E-state index contributed by atoms with van der Waals surface area (Å²) in [5.41, 5.74) is 5.02. The predicted octanol–water partition coefficient (Wildman–Crippen LogP) is 7.22. The molecule has 0 radical (unpaired) electrons. The summed E-state index contributed by atoms with van der Waals surface area (Å²) in [7, 11) is 1.59. The first-order chi connectivity index (χ1) is 20.4. The molecule has 2 aromatic carbocycles. The van der Waals surface area contributed by atoms with Gasteiger partial charge in [-0.05, 0) is 67.5 Å². The van der Waals surface area contributed by atoms with Crippen LogP contribution in [-0.4, -0.2) is 28.3 Å². The number of amides is 1. The molecule has 1 N–H and O–H groups in total. The molecule has 1 amide bonds. The number of ether oxygens (including phenoxy) is 1. The van der Waals surface area contributed by atoms with Crippen LogP contribution in [0.3, 0.4) is 0 Å². The SMILES string of the molecule is COc1ccc(-n2c(SCC(=O)Nc3sc4c(c3C#N)CC[C@H](C)C4)nc3scc(-c4ccc(C)cc4)c3c2=O)cc1. The molecule has 0 saturated carbocycles. The Hall–Kier alpha value is -3.91. The van der Waals surface area contributed by atoms with Crippen LogP contribution in [0, 0.1) is 24.2 Å². The lowest BCUT2D eigenvalue weighted by atomic mass is 9.89. The van der Waals surface area contributed by atoms with Crippen molar-refractivity contribution in [2.75, 3.05) is 18.2 Å². The number of carbonyl (C=O) groups excluding carboxylic acids is 1. The third kappa shape index (κ3) is 5.36. The molecule has 0 bridgehead atoms. The normalized spacial score (nSPS) is 14.4. The number of rotatable bonds is 7. The first kappa shape index (κ1) is 28.2.